The van der Waals surface area contributed by atoms with Gasteiger partial charge in [0.15, 0.2) is 0 Å². The van der Waals surface area contributed by atoms with E-state index >= 15 is 0 Å². The van der Waals surface area contributed by atoms with E-state index in [-0.39, 0.29) is 18.2 Å². The van der Waals surface area contributed by atoms with Crippen molar-refractivity contribution in [3.8, 4) is 0 Å². The van der Waals surface area contributed by atoms with Gasteiger partial charge in [-0.25, -0.2) is 8.42 Å². The molecule has 146 valence electrons. The van der Waals surface area contributed by atoms with Gasteiger partial charge in [0.2, 0.25) is 10.0 Å². The molecule has 1 amide bonds. The second-order valence-corrected chi connectivity index (χ2v) is 8.58. The highest BCUT2D eigenvalue weighted by atomic mass is 35.5. The maximum atomic E-state index is 12.8. The monoisotopic (exact) mass is 403 g/mol. The number of rotatable bonds is 9. The lowest BCUT2D eigenvalue weighted by atomic mass is 10.2. The largest absolute Gasteiger partial charge is 0.385 e. The Kier molecular flexibility index (Phi) is 8.30. The summed E-state index contributed by atoms with van der Waals surface area (Å²) in [5, 5.41) is 3.49. The zero-order valence-electron chi connectivity index (χ0n) is 15.0. The number of carbonyl (C=O) groups is 1. The molecule has 0 saturated carbocycles. The van der Waals surface area contributed by atoms with Crippen LogP contribution in [0.25, 0.3) is 0 Å². The third-order valence-electron chi connectivity index (χ3n) is 4.26. The molecule has 1 N–H and O–H groups in total. The third kappa shape index (κ3) is 5.92. The molecule has 1 aliphatic heterocycles. The summed E-state index contributed by atoms with van der Waals surface area (Å²) in [5.41, 5.74) is 0.381. The van der Waals surface area contributed by atoms with Crippen LogP contribution in [0.5, 0.6) is 0 Å². The topological polar surface area (TPSA) is 79.0 Å². The van der Waals surface area contributed by atoms with Crippen molar-refractivity contribution in [3.05, 3.63) is 34.9 Å². The molecule has 1 aromatic rings. The number of carbonyl (C=O) groups excluding carboxylic acids is 1. The van der Waals surface area contributed by atoms with Gasteiger partial charge < -0.3 is 15.0 Å². The zero-order valence-corrected chi connectivity index (χ0v) is 16.6. The maximum Gasteiger partial charge on any atom is 0.255 e. The molecular formula is C17H26ClN3O4S. The van der Waals surface area contributed by atoms with E-state index < -0.39 is 10.0 Å². The quantitative estimate of drug-likeness (QED) is 0.623. The van der Waals surface area contributed by atoms with Crippen molar-refractivity contribution in [2.24, 2.45) is 0 Å². The highest BCUT2D eigenvalue weighted by molar-refractivity contribution is 7.89. The van der Waals surface area contributed by atoms with Crippen LogP contribution in [0.1, 0.15) is 16.8 Å². The van der Waals surface area contributed by atoms with E-state index in [1.807, 2.05) is 0 Å². The highest BCUT2D eigenvalue weighted by Crippen LogP contribution is 2.17. The predicted molar refractivity (Wildman–Crippen MR) is 102 cm³/mol. The predicted octanol–water partition coefficient (Wildman–Crippen LogP) is 1.05. The molecule has 0 aromatic heterocycles. The number of amides is 1. The van der Waals surface area contributed by atoms with E-state index in [9.17, 15) is 13.2 Å². The molecular weight excluding hydrogens is 378 g/mol. The summed E-state index contributed by atoms with van der Waals surface area (Å²) in [6, 6.07) is 6.80. The molecule has 26 heavy (non-hydrogen) atoms. The summed E-state index contributed by atoms with van der Waals surface area (Å²) in [6.07, 6.45) is 0.625. The second kappa shape index (κ2) is 10.2. The van der Waals surface area contributed by atoms with Crippen molar-refractivity contribution in [2.75, 3.05) is 58.7 Å². The molecule has 1 heterocycles. The van der Waals surface area contributed by atoms with Crippen molar-refractivity contribution < 1.29 is 17.9 Å². The van der Waals surface area contributed by atoms with E-state index in [0.717, 1.165) is 0 Å². The van der Waals surface area contributed by atoms with Gasteiger partial charge in [-0.15, -0.1) is 0 Å². The molecule has 9 heteroatoms. The summed E-state index contributed by atoms with van der Waals surface area (Å²) >= 11 is 6.13. The number of hydrogen-bond donors (Lipinski definition) is 1. The molecule has 1 aliphatic rings. The van der Waals surface area contributed by atoms with Crippen LogP contribution < -0.4 is 5.32 Å². The van der Waals surface area contributed by atoms with Gasteiger partial charge in [0.25, 0.3) is 5.91 Å². The molecule has 0 bridgehead atoms. The Labute approximate surface area is 160 Å². The Morgan fingerprint density at radius 2 is 1.96 bits per heavy atom. The molecule has 0 aliphatic carbocycles. The van der Waals surface area contributed by atoms with Gasteiger partial charge in [0.1, 0.15) is 0 Å². The average Bonchev–Trinajstić information content (AvgIpc) is 2.65. The Hall–Kier alpha value is -1.19. The number of benzene rings is 1. The number of halogens is 1. The first-order valence-electron chi connectivity index (χ1n) is 8.67. The molecule has 7 nitrogen and oxygen atoms in total. The molecule has 1 saturated heterocycles. The summed E-state index contributed by atoms with van der Waals surface area (Å²) in [5.74, 6) is -0.363. The lowest BCUT2D eigenvalue weighted by Crippen LogP contribution is -2.48. The first-order valence-corrected chi connectivity index (χ1v) is 10.7. The smallest absolute Gasteiger partial charge is 0.255 e. The van der Waals surface area contributed by atoms with Crippen LogP contribution in [0.15, 0.2) is 24.3 Å². The number of piperazine rings is 1. The number of nitrogens with zero attached hydrogens (tertiary/aromatic N) is 2. The van der Waals surface area contributed by atoms with E-state index in [0.29, 0.717) is 56.3 Å². The van der Waals surface area contributed by atoms with Gasteiger partial charge in [-0.3, -0.25) is 4.79 Å². The summed E-state index contributed by atoms with van der Waals surface area (Å²) < 4.78 is 31.6. The lowest BCUT2D eigenvalue weighted by Gasteiger charge is -2.28. The summed E-state index contributed by atoms with van der Waals surface area (Å²) in [6.45, 7) is 3.26. The van der Waals surface area contributed by atoms with Crippen molar-refractivity contribution in [1.82, 2.24) is 14.5 Å². The van der Waals surface area contributed by atoms with Crippen LogP contribution in [-0.2, 0) is 14.8 Å². The minimum Gasteiger partial charge on any atom is -0.385 e. The number of ether oxygens (including phenoxy) is 1. The summed E-state index contributed by atoms with van der Waals surface area (Å²) in [4.78, 5) is 14.4. The minimum absolute atomic E-state index is 0.101. The number of sulfonamides is 1. The molecule has 1 fully saturated rings. The molecule has 1 aromatic carbocycles. The fraction of sp³-hybridized carbons (Fsp3) is 0.588. The van der Waals surface area contributed by atoms with Crippen LogP contribution in [0, 0.1) is 0 Å². The van der Waals surface area contributed by atoms with Crippen molar-refractivity contribution in [2.45, 2.75) is 6.42 Å². The first kappa shape index (κ1) is 21.1. The van der Waals surface area contributed by atoms with Gasteiger partial charge in [-0.1, -0.05) is 23.7 Å². The third-order valence-corrected chi connectivity index (χ3v) is 6.44. The first-order chi connectivity index (χ1) is 12.5. The molecule has 0 radical (unpaired) electrons. The zero-order chi connectivity index (χ0) is 19.0. The van der Waals surface area contributed by atoms with E-state index in [1.54, 1.807) is 36.3 Å². The number of nitrogens with one attached hydrogen (secondary N) is 1. The maximum absolute atomic E-state index is 12.8. The number of methoxy groups -OCH3 is 1. The van der Waals surface area contributed by atoms with Gasteiger partial charge in [0.05, 0.1) is 16.3 Å². The van der Waals surface area contributed by atoms with Crippen LogP contribution in [-0.4, -0.2) is 82.3 Å². The molecule has 0 unspecified atom stereocenters. The summed E-state index contributed by atoms with van der Waals surface area (Å²) in [7, 11) is -1.81. The average molecular weight is 404 g/mol. The lowest BCUT2D eigenvalue weighted by molar-refractivity contribution is 0.0747. The van der Waals surface area contributed by atoms with Gasteiger partial charge in [-0.05, 0) is 18.6 Å². The second-order valence-electron chi connectivity index (χ2n) is 6.08. The Balaban J connectivity index is 2.06. The molecule has 0 atom stereocenters. The molecule has 0 spiro atoms. The van der Waals surface area contributed by atoms with Crippen molar-refractivity contribution >= 4 is 27.5 Å². The van der Waals surface area contributed by atoms with Crippen LogP contribution in [0.2, 0.25) is 5.02 Å². The fourth-order valence-electron chi connectivity index (χ4n) is 2.80. The number of hydrogen-bond acceptors (Lipinski definition) is 5. The van der Waals surface area contributed by atoms with Crippen LogP contribution in [0.3, 0.4) is 0 Å². The normalized spacial score (nSPS) is 15.8. The Bertz CT molecular complexity index is 693. The van der Waals surface area contributed by atoms with E-state index in [2.05, 4.69) is 5.32 Å². The SMILES string of the molecule is COCCCN(CCS(=O)(=O)N1CCNCC1)C(=O)c1ccccc1Cl. The van der Waals surface area contributed by atoms with Gasteiger partial charge in [-0.2, -0.15) is 4.31 Å². The minimum atomic E-state index is -3.40. The van der Waals surface area contributed by atoms with E-state index in [4.69, 9.17) is 16.3 Å². The van der Waals surface area contributed by atoms with Gasteiger partial charge in [0, 0.05) is 53.0 Å². The van der Waals surface area contributed by atoms with Crippen molar-refractivity contribution in [3.63, 3.8) is 0 Å². The van der Waals surface area contributed by atoms with E-state index in [1.165, 1.54) is 4.31 Å². The fourth-order valence-corrected chi connectivity index (χ4v) is 4.46. The van der Waals surface area contributed by atoms with Crippen LogP contribution >= 0.6 is 11.6 Å². The van der Waals surface area contributed by atoms with Crippen LogP contribution in [0.4, 0.5) is 0 Å². The highest BCUT2D eigenvalue weighted by Gasteiger charge is 2.26. The van der Waals surface area contributed by atoms with Crippen molar-refractivity contribution in [1.29, 1.82) is 0 Å². The standard InChI is InChI=1S/C17H26ClN3O4S/c1-25-13-4-9-20(17(22)15-5-2-3-6-16(15)18)12-14-26(23,24)21-10-7-19-8-11-21/h2-3,5-6,19H,4,7-14H2,1H3. The Morgan fingerprint density at radius 3 is 2.62 bits per heavy atom. The Morgan fingerprint density at radius 1 is 1.27 bits per heavy atom. The molecule has 2 rings (SSSR count). The van der Waals surface area contributed by atoms with Gasteiger partial charge >= 0.3 is 0 Å².